The number of hydrogen-bond acceptors (Lipinski definition) is 3. The lowest BCUT2D eigenvalue weighted by Gasteiger charge is -2.31. The molecule has 140 valence electrons. The Morgan fingerprint density at radius 1 is 1.27 bits per heavy atom. The minimum absolute atomic E-state index is 0.104. The molecule has 0 radical (unpaired) electrons. The molecule has 2 aromatic rings. The number of carbonyl (C=O) groups excluding carboxylic acids is 1. The van der Waals surface area contributed by atoms with E-state index in [1.807, 2.05) is 19.9 Å². The van der Waals surface area contributed by atoms with E-state index in [1.54, 1.807) is 0 Å². The van der Waals surface area contributed by atoms with E-state index in [0.717, 1.165) is 35.8 Å². The fourth-order valence-corrected chi connectivity index (χ4v) is 4.28. The van der Waals surface area contributed by atoms with Crippen LogP contribution in [0, 0.1) is 19.8 Å². The molecule has 3 rings (SSSR count). The number of benzene rings is 1. The van der Waals surface area contributed by atoms with Crippen molar-refractivity contribution in [3.63, 3.8) is 0 Å². The Labute approximate surface area is 164 Å². The van der Waals surface area contributed by atoms with Gasteiger partial charge in [0.05, 0.1) is 10.0 Å². The molecule has 0 saturated carbocycles. The number of rotatable bonds is 5. The summed E-state index contributed by atoms with van der Waals surface area (Å²) in [6, 6.07) is 8.39. The number of likely N-dealkylation sites (tertiary alicyclic amines) is 1. The maximum Gasteiger partial charge on any atom is 0.256 e. The molecule has 0 aliphatic carbocycles. The van der Waals surface area contributed by atoms with Gasteiger partial charge in [0.15, 0.2) is 0 Å². The molecule has 1 aromatic heterocycles. The molecule has 0 spiro atoms. The molecule has 1 unspecified atom stereocenters. The fraction of sp³-hybridized carbons (Fsp3) is 0.476. The van der Waals surface area contributed by atoms with Crippen LogP contribution in [0.2, 0.25) is 0 Å². The van der Waals surface area contributed by atoms with Crippen LogP contribution >= 0.6 is 15.9 Å². The van der Waals surface area contributed by atoms with Crippen LogP contribution in [0.4, 0.5) is 0 Å². The highest BCUT2D eigenvalue weighted by Crippen LogP contribution is 2.27. The fourth-order valence-electron chi connectivity index (χ4n) is 3.73. The molecule has 0 bridgehead atoms. The monoisotopic (exact) mass is 418 g/mol. The molecule has 4 nitrogen and oxygen atoms in total. The Hall–Kier alpha value is -1.59. The highest BCUT2D eigenvalue weighted by atomic mass is 79.9. The number of nitrogens with zero attached hydrogens (tertiary/aromatic N) is 1. The first kappa shape index (κ1) is 19.2. The van der Waals surface area contributed by atoms with Crippen LogP contribution in [0.25, 0.3) is 0 Å². The van der Waals surface area contributed by atoms with Crippen molar-refractivity contribution in [3.8, 4) is 0 Å². The Morgan fingerprint density at radius 3 is 2.65 bits per heavy atom. The molecule has 5 heteroatoms. The van der Waals surface area contributed by atoms with Crippen molar-refractivity contribution < 1.29 is 9.21 Å². The lowest BCUT2D eigenvalue weighted by molar-refractivity contribution is 0.0948. The topological polar surface area (TPSA) is 45.5 Å². The van der Waals surface area contributed by atoms with Crippen molar-refractivity contribution in [2.24, 2.45) is 5.92 Å². The van der Waals surface area contributed by atoms with Gasteiger partial charge in [-0.05, 0) is 66.2 Å². The van der Waals surface area contributed by atoms with Crippen molar-refractivity contribution in [2.75, 3.05) is 13.1 Å². The molecule has 1 fully saturated rings. The first-order valence-electron chi connectivity index (χ1n) is 9.28. The van der Waals surface area contributed by atoms with Crippen LogP contribution < -0.4 is 5.32 Å². The van der Waals surface area contributed by atoms with Gasteiger partial charge in [-0.2, -0.15) is 0 Å². The molecule has 1 aliphatic heterocycles. The number of halogens is 1. The first-order valence-corrected chi connectivity index (χ1v) is 10.1. The van der Waals surface area contributed by atoms with E-state index in [1.165, 1.54) is 24.0 Å². The van der Waals surface area contributed by atoms with E-state index in [2.05, 4.69) is 51.3 Å². The normalized spacial score (nSPS) is 18.1. The van der Waals surface area contributed by atoms with Crippen LogP contribution in [0.1, 0.15) is 52.8 Å². The van der Waals surface area contributed by atoms with Crippen molar-refractivity contribution in [2.45, 2.75) is 46.7 Å². The number of nitrogens with one attached hydrogen (secondary N) is 1. The zero-order valence-corrected chi connectivity index (χ0v) is 17.4. The molecule has 1 aliphatic rings. The molecule has 1 atom stereocenters. The second kappa shape index (κ2) is 8.40. The van der Waals surface area contributed by atoms with E-state index in [9.17, 15) is 4.79 Å². The smallest absolute Gasteiger partial charge is 0.256 e. The van der Waals surface area contributed by atoms with Crippen molar-refractivity contribution in [1.82, 2.24) is 10.2 Å². The van der Waals surface area contributed by atoms with E-state index in [-0.39, 0.29) is 5.91 Å². The van der Waals surface area contributed by atoms with Crippen LogP contribution in [-0.4, -0.2) is 23.9 Å². The van der Waals surface area contributed by atoms with Gasteiger partial charge in [0.25, 0.3) is 5.91 Å². The SMILES string of the molecule is Cc1oc(C)c(C(=O)NCc2ccccc2CN2CCCC(C)C2)c1Br. The molecule has 2 heterocycles. The summed E-state index contributed by atoms with van der Waals surface area (Å²) in [4.78, 5) is 15.1. The third kappa shape index (κ3) is 4.38. The quantitative estimate of drug-likeness (QED) is 0.756. The third-order valence-electron chi connectivity index (χ3n) is 5.11. The zero-order chi connectivity index (χ0) is 18.7. The Balaban J connectivity index is 1.67. The van der Waals surface area contributed by atoms with E-state index < -0.39 is 0 Å². The van der Waals surface area contributed by atoms with Crippen LogP contribution in [0.15, 0.2) is 33.2 Å². The van der Waals surface area contributed by atoms with Crippen LogP contribution in [0.3, 0.4) is 0 Å². The van der Waals surface area contributed by atoms with Gasteiger partial charge in [-0.25, -0.2) is 0 Å². The van der Waals surface area contributed by atoms with Gasteiger partial charge in [-0.1, -0.05) is 31.2 Å². The van der Waals surface area contributed by atoms with Crippen molar-refractivity contribution in [1.29, 1.82) is 0 Å². The highest BCUT2D eigenvalue weighted by Gasteiger charge is 2.20. The van der Waals surface area contributed by atoms with Gasteiger partial charge in [-0.15, -0.1) is 0 Å². The average molecular weight is 419 g/mol. The van der Waals surface area contributed by atoms with Crippen LogP contribution in [-0.2, 0) is 13.1 Å². The summed E-state index contributed by atoms with van der Waals surface area (Å²) in [5, 5.41) is 3.05. The molecular formula is C21H27BrN2O2. The summed E-state index contributed by atoms with van der Waals surface area (Å²) in [7, 11) is 0. The van der Waals surface area contributed by atoms with Gasteiger partial charge in [0.2, 0.25) is 0 Å². The standard InChI is InChI=1S/C21H27BrN2O2/c1-14-7-6-10-24(12-14)13-18-9-5-4-8-17(18)11-23-21(25)19-15(2)26-16(3)20(19)22/h4-5,8-9,14H,6-7,10-13H2,1-3H3,(H,23,25). The summed E-state index contributed by atoms with van der Waals surface area (Å²) in [5.41, 5.74) is 3.05. The maximum absolute atomic E-state index is 12.6. The van der Waals surface area contributed by atoms with E-state index in [4.69, 9.17) is 4.42 Å². The number of carbonyl (C=O) groups is 1. The zero-order valence-electron chi connectivity index (χ0n) is 15.8. The predicted molar refractivity (Wildman–Crippen MR) is 107 cm³/mol. The van der Waals surface area contributed by atoms with Gasteiger partial charge in [-0.3, -0.25) is 9.69 Å². The second-order valence-electron chi connectivity index (χ2n) is 7.34. The van der Waals surface area contributed by atoms with Crippen molar-refractivity contribution >= 4 is 21.8 Å². The Kier molecular flexibility index (Phi) is 6.20. The van der Waals surface area contributed by atoms with Crippen LogP contribution in [0.5, 0.6) is 0 Å². The summed E-state index contributed by atoms with van der Waals surface area (Å²) in [6.45, 7) is 9.78. The van der Waals surface area contributed by atoms with Gasteiger partial charge < -0.3 is 9.73 Å². The minimum Gasteiger partial charge on any atom is -0.465 e. The number of aryl methyl sites for hydroxylation is 2. The number of piperidine rings is 1. The highest BCUT2D eigenvalue weighted by molar-refractivity contribution is 9.10. The molecule has 26 heavy (non-hydrogen) atoms. The summed E-state index contributed by atoms with van der Waals surface area (Å²) in [6.07, 6.45) is 2.60. The molecule has 1 aromatic carbocycles. The minimum atomic E-state index is -0.104. The molecule has 1 N–H and O–H groups in total. The largest absolute Gasteiger partial charge is 0.465 e. The van der Waals surface area contributed by atoms with E-state index in [0.29, 0.717) is 17.9 Å². The lowest BCUT2D eigenvalue weighted by Crippen LogP contribution is -2.34. The number of hydrogen-bond donors (Lipinski definition) is 1. The molecule has 1 amide bonds. The Bertz CT molecular complexity index is 784. The number of amides is 1. The first-order chi connectivity index (χ1) is 12.5. The average Bonchev–Trinajstić information content (AvgIpc) is 2.86. The summed E-state index contributed by atoms with van der Waals surface area (Å²) in [5.74, 6) is 2.03. The van der Waals surface area contributed by atoms with Crippen molar-refractivity contribution in [3.05, 3.63) is 56.9 Å². The maximum atomic E-state index is 12.6. The third-order valence-corrected chi connectivity index (χ3v) is 6.06. The van der Waals surface area contributed by atoms with E-state index >= 15 is 0 Å². The lowest BCUT2D eigenvalue weighted by atomic mass is 9.99. The van der Waals surface area contributed by atoms with Gasteiger partial charge in [0, 0.05) is 19.6 Å². The molecule has 1 saturated heterocycles. The van der Waals surface area contributed by atoms with Gasteiger partial charge in [0.1, 0.15) is 11.5 Å². The predicted octanol–water partition coefficient (Wildman–Crippen LogP) is 4.82. The Morgan fingerprint density at radius 2 is 2.00 bits per heavy atom. The number of furan rings is 1. The summed E-state index contributed by atoms with van der Waals surface area (Å²) >= 11 is 3.45. The second-order valence-corrected chi connectivity index (χ2v) is 8.13. The van der Waals surface area contributed by atoms with Gasteiger partial charge >= 0.3 is 0 Å². The molecular weight excluding hydrogens is 392 g/mol. The summed E-state index contributed by atoms with van der Waals surface area (Å²) < 4.78 is 6.28.